The molecular formula is C12H24N2. The van der Waals surface area contributed by atoms with Gasteiger partial charge >= 0.3 is 0 Å². The molecule has 2 N–H and O–H groups in total. The van der Waals surface area contributed by atoms with Crippen LogP contribution in [-0.4, -0.2) is 30.6 Å². The highest BCUT2D eigenvalue weighted by molar-refractivity contribution is 4.96. The van der Waals surface area contributed by atoms with Crippen molar-refractivity contribution in [3.8, 4) is 0 Å². The molecule has 14 heavy (non-hydrogen) atoms. The predicted octanol–water partition coefficient (Wildman–Crippen LogP) is 1.85. The van der Waals surface area contributed by atoms with Gasteiger partial charge in [0.15, 0.2) is 0 Å². The lowest BCUT2D eigenvalue weighted by Crippen LogP contribution is -2.58. The number of likely N-dealkylation sites (tertiary alicyclic amines) is 1. The summed E-state index contributed by atoms with van der Waals surface area (Å²) in [4.78, 5) is 2.55. The van der Waals surface area contributed by atoms with Crippen LogP contribution in [-0.2, 0) is 0 Å². The average molecular weight is 196 g/mol. The highest BCUT2D eigenvalue weighted by atomic mass is 15.2. The van der Waals surface area contributed by atoms with Crippen molar-refractivity contribution in [3.05, 3.63) is 0 Å². The van der Waals surface area contributed by atoms with Gasteiger partial charge in [-0.1, -0.05) is 13.8 Å². The molecule has 1 unspecified atom stereocenters. The van der Waals surface area contributed by atoms with Crippen LogP contribution < -0.4 is 5.73 Å². The van der Waals surface area contributed by atoms with Gasteiger partial charge < -0.3 is 10.6 Å². The van der Waals surface area contributed by atoms with Crippen LogP contribution in [0.4, 0.5) is 0 Å². The number of nitrogens with zero attached hydrogens (tertiary/aromatic N) is 1. The Bertz CT molecular complexity index is 184. The zero-order valence-electron chi connectivity index (χ0n) is 9.63. The lowest BCUT2D eigenvalue weighted by atomic mass is 9.75. The van der Waals surface area contributed by atoms with Gasteiger partial charge in [0.05, 0.1) is 0 Å². The fourth-order valence-electron chi connectivity index (χ4n) is 2.70. The van der Waals surface area contributed by atoms with Gasteiger partial charge in [0.1, 0.15) is 0 Å². The van der Waals surface area contributed by atoms with Gasteiger partial charge in [-0.15, -0.1) is 0 Å². The number of rotatable bonds is 5. The smallest absolute Gasteiger partial charge is 0.0196 e. The second-order valence-electron chi connectivity index (χ2n) is 5.38. The Labute approximate surface area is 87.8 Å². The molecular weight excluding hydrogens is 172 g/mol. The molecule has 0 bridgehead atoms. The fourth-order valence-corrected chi connectivity index (χ4v) is 2.70. The van der Waals surface area contributed by atoms with Crippen molar-refractivity contribution in [2.45, 2.75) is 45.6 Å². The van der Waals surface area contributed by atoms with E-state index in [0.29, 0.717) is 11.5 Å². The maximum atomic E-state index is 6.12. The lowest BCUT2D eigenvalue weighted by molar-refractivity contribution is -0.0106. The number of nitrogens with two attached hydrogens (primary N) is 1. The Morgan fingerprint density at radius 2 is 1.86 bits per heavy atom. The van der Waals surface area contributed by atoms with Crippen molar-refractivity contribution in [1.29, 1.82) is 0 Å². The van der Waals surface area contributed by atoms with Crippen LogP contribution in [0, 0.1) is 11.3 Å². The maximum absolute atomic E-state index is 6.12. The predicted molar refractivity (Wildman–Crippen MR) is 60.2 cm³/mol. The van der Waals surface area contributed by atoms with Crippen LogP contribution in [0.1, 0.15) is 39.5 Å². The molecule has 0 spiro atoms. The second kappa shape index (κ2) is 3.82. The molecule has 0 aromatic rings. The molecule has 1 saturated heterocycles. The van der Waals surface area contributed by atoms with E-state index in [1.165, 1.54) is 38.8 Å². The quantitative estimate of drug-likeness (QED) is 0.727. The van der Waals surface area contributed by atoms with E-state index >= 15 is 0 Å². The number of hydrogen-bond acceptors (Lipinski definition) is 2. The zero-order valence-corrected chi connectivity index (χ0v) is 9.63. The Hall–Kier alpha value is -0.0800. The molecule has 2 fully saturated rings. The third kappa shape index (κ3) is 1.96. The summed E-state index contributed by atoms with van der Waals surface area (Å²) in [6.07, 6.45) is 5.42. The first-order chi connectivity index (χ1) is 6.69. The summed E-state index contributed by atoms with van der Waals surface area (Å²) < 4.78 is 0. The molecule has 1 heterocycles. The number of hydrogen-bond donors (Lipinski definition) is 1. The molecule has 2 aliphatic rings. The van der Waals surface area contributed by atoms with Crippen molar-refractivity contribution in [2.75, 3.05) is 19.6 Å². The Balaban J connectivity index is 1.71. The van der Waals surface area contributed by atoms with Gasteiger partial charge in [-0.05, 0) is 37.0 Å². The molecule has 1 aliphatic carbocycles. The molecule has 82 valence electrons. The van der Waals surface area contributed by atoms with E-state index in [9.17, 15) is 0 Å². The summed E-state index contributed by atoms with van der Waals surface area (Å²) in [7, 11) is 0. The third-order valence-electron chi connectivity index (χ3n) is 4.31. The highest BCUT2D eigenvalue weighted by Gasteiger charge is 2.41. The van der Waals surface area contributed by atoms with Crippen LogP contribution in [0.5, 0.6) is 0 Å². The molecule has 2 heteroatoms. The van der Waals surface area contributed by atoms with Crippen LogP contribution in [0.2, 0.25) is 0 Å². The molecule has 1 atom stereocenters. The second-order valence-corrected chi connectivity index (χ2v) is 5.38. The van der Waals surface area contributed by atoms with Gasteiger partial charge in [0.25, 0.3) is 0 Å². The van der Waals surface area contributed by atoms with Gasteiger partial charge in [-0.3, -0.25) is 0 Å². The van der Waals surface area contributed by atoms with E-state index in [0.717, 1.165) is 12.5 Å². The summed E-state index contributed by atoms with van der Waals surface area (Å²) in [5.41, 5.74) is 6.76. The Morgan fingerprint density at radius 3 is 2.29 bits per heavy atom. The van der Waals surface area contributed by atoms with Crippen molar-refractivity contribution in [3.63, 3.8) is 0 Å². The normalized spacial score (nSPS) is 28.5. The molecule has 2 nitrogen and oxygen atoms in total. The van der Waals surface area contributed by atoms with Gasteiger partial charge in [0.2, 0.25) is 0 Å². The summed E-state index contributed by atoms with van der Waals surface area (Å²) in [5, 5.41) is 0. The molecule has 1 saturated carbocycles. The minimum atomic E-state index is 0.460. The zero-order chi connectivity index (χ0) is 10.2. The van der Waals surface area contributed by atoms with Crippen LogP contribution in [0.15, 0.2) is 0 Å². The molecule has 2 rings (SSSR count). The molecule has 0 aromatic carbocycles. The van der Waals surface area contributed by atoms with Crippen LogP contribution >= 0.6 is 0 Å². The topological polar surface area (TPSA) is 29.3 Å². The molecule has 0 amide bonds. The van der Waals surface area contributed by atoms with E-state index in [4.69, 9.17) is 5.73 Å². The first-order valence-electron chi connectivity index (χ1n) is 6.17. The standard InChI is InChI=1S/C12H24N2/c1-3-12(4-2)8-14(9-12)7-11(13)10-5-6-10/h10-11H,3-9,13H2,1-2H3. The highest BCUT2D eigenvalue weighted by Crippen LogP contribution is 2.38. The van der Waals surface area contributed by atoms with Crippen LogP contribution in [0.25, 0.3) is 0 Å². The van der Waals surface area contributed by atoms with E-state index in [1.807, 2.05) is 0 Å². The lowest BCUT2D eigenvalue weighted by Gasteiger charge is -2.50. The maximum Gasteiger partial charge on any atom is 0.0196 e. The molecule has 0 aromatic heterocycles. The van der Waals surface area contributed by atoms with Crippen molar-refractivity contribution >= 4 is 0 Å². The third-order valence-corrected chi connectivity index (χ3v) is 4.31. The Kier molecular flexibility index (Phi) is 2.85. The fraction of sp³-hybridized carbons (Fsp3) is 1.00. The molecule has 0 radical (unpaired) electrons. The summed E-state index contributed by atoms with van der Waals surface area (Å²) in [6, 6.07) is 0.460. The van der Waals surface area contributed by atoms with Crippen molar-refractivity contribution < 1.29 is 0 Å². The summed E-state index contributed by atoms with van der Waals surface area (Å²) >= 11 is 0. The van der Waals surface area contributed by atoms with E-state index in [2.05, 4.69) is 18.7 Å². The Morgan fingerprint density at radius 1 is 1.29 bits per heavy atom. The van der Waals surface area contributed by atoms with E-state index in [-0.39, 0.29) is 0 Å². The van der Waals surface area contributed by atoms with Crippen LogP contribution in [0.3, 0.4) is 0 Å². The van der Waals surface area contributed by atoms with E-state index < -0.39 is 0 Å². The summed E-state index contributed by atoms with van der Waals surface area (Å²) in [6.45, 7) is 8.37. The minimum absolute atomic E-state index is 0.460. The van der Waals surface area contributed by atoms with Crippen molar-refractivity contribution in [1.82, 2.24) is 4.90 Å². The van der Waals surface area contributed by atoms with Gasteiger partial charge in [-0.25, -0.2) is 0 Å². The first-order valence-corrected chi connectivity index (χ1v) is 6.17. The van der Waals surface area contributed by atoms with Crippen molar-refractivity contribution in [2.24, 2.45) is 17.1 Å². The average Bonchev–Trinajstić information content (AvgIpc) is 2.93. The molecule has 1 aliphatic heterocycles. The monoisotopic (exact) mass is 196 g/mol. The first kappa shape index (κ1) is 10.4. The van der Waals surface area contributed by atoms with Gasteiger partial charge in [-0.2, -0.15) is 0 Å². The van der Waals surface area contributed by atoms with E-state index in [1.54, 1.807) is 0 Å². The largest absolute Gasteiger partial charge is 0.326 e. The summed E-state index contributed by atoms with van der Waals surface area (Å²) in [5.74, 6) is 0.855. The minimum Gasteiger partial charge on any atom is -0.326 e. The SMILES string of the molecule is CCC1(CC)CN(CC(N)C2CC2)C1. The van der Waals surface area contributed by atoms with Gasteiger partial charge in [0, 0.05) is 25.7 Å².